The van der Waals surface area contributed by atoms with Gasteiger partial charge in [0.2, 0.25) is 0 Å². The van der Waals surface area contributed by atoms with Gasteiger partial charge in [-0.25, -0.2) is 4.68 Å². The zero-order chi connectivity index (χ0) is 18.9. The van der Waals surface area contributed by atoms with Gasteiger partial charge >= 0.3 is 5.97 Å². The zero-order valence-corrected chi connectivity index (χ0v) is 14.8. The van der Waals surface area contributed by atoms with Crippen molar-refractivity contribution in [1.82, 2.24) is 20.3 Å². The van der Waals surface area contributed by atoms with Crippen molar-refractivity contribution < 1.29 is 24.2 Å². The van der Waals surface area contributed by atoms with E-state index in [1.54, 1.807) is 18.2 Å². The normalized spacial score (nSPS) is 10.4. The fourth-order valence-corrected chi connectivity index (χ4v) is 2.16. The molecule has 0 spiro atoms. The largest absolute Gasteiger partial charge is 0.490 e. The van der Waals surface area contributed by atoms with Crippen molar-refractivity contribution in [2.45, 2.75) is 33.4 Å². The van der Waals surface area contributed by atoms with Gasteiger partial charge in [-0.3, -0.25) is 9.59 Å². The van der Waals surface area contributed by atoms with Crippen LogP contribution in [0.4, 0.5) is 0 Å². The third-order valence-corrected chi connectivity index (χ3v) is 3.28. The Balaban J connectivity index is 2.00. The van der Waals surface area contributed by atoms with Crippen LogP contribution in [0.5, 0.6) is 11.5 Å². The summed E-state index contributed by atoms with van der Waals surface area (Å²) < 4.78 is 12.3. The van der Waals surface area contributed by atoms with Gasteiger partial charge in [0.15, 0.2) is 11.5 Å². The van der Waals surface area contributed by atoms with E-state index in [9.17, 15) is 9.59 Å². The van der Waals surface area contributed by atoms with Crippen LogP contribution in [0.25, 0.3) is 0 Å². The second-order valence-corrected chi connectivity index (χ2v) is 5.43. The number of hydrogen-bond donors (Lipinski definition) is 2. The molecular weight excluding hydrogens is 340 g/mol. The van der Waals surface area contributed by atoms with E-state index in [4.69, 9.17) is 14.6 Å². The summed E-state index contributed by atoms with van der Waals surface area (Å²) in [4.78, 5) is 23.0. The number of benzene rings is 1. The van der Waals surface area contributed by atoms with Crippen LogP contribution in [0.15, 0.2) is 24.4 Å². The SMILES string of the molecule is CCCOc1ccc(C(=O)NCc2cn(CC(=O)O)nn2)cc1OCC. The molecule has 1 aromatic carbocycles. The number of rotatable bonds is 10. The lowest BCUT2D eigenvalue weighted by molar-refractivity contribution is -0.137. The molecule has 0 aliphatic heterocycles. The first-order valence-corrected chi connectivity index (χ1v) is 8.32. The second-order valence-electron chi connectivity index (χ2n) is 5.43. The van der Waals surface area contributed by atoms with Gasteiger partial charge in [0, 0.05) is 5.56 Å². The maximum Gasteiger partial charge on any atom is 0.325 e. The van der Waals surface area contributed by atoms with E-state index in [-0.39, 0.29) is 19.0 Å². The third kappa shape index (κ3) is 5.47. The summed E-state index contributed by atoms with van der Waals surface area (Å²) in [6.07, 6.45) is 2.35. The molecule has 140 valence electrons. The van der Waals surface area contributed by atoms with Crippen molar-refractivity contribution in [2.75, 3.05) is 13.2 Å². The van der Waals surface area contributed by atoms with Crippen LogP contribution in [-0.2, 0) is 17.9 Å². The van der Waals surface area contributed by atoms with E-state index in [1.165, 1.54) is 10.9 Å². The molecule has 0 fully saturated rings. The van der Waals surface area contributed by atoms with Crippen molar-refractivity contribution in [1.29, 1.82) is 0 Å². The maximum atomic E-state index is 12.3. The number of aliphatic carboxylic acids is 1. The van der Waals surface area contributed by atoms with Crippen molar-refractivity contribution in [2.24, 2.45) is 0 Å². The summed E-state index contributed by atoms with van der Waals surface area (Å²) in [5.41, 5.74) is 0.891. The number of ether oxygens (including phenoxy) is 2. The molecule has 0 aliphatic rings. The molecule has 0 saturated heterocycles. The van der Waals surface area contributed by atoms with E-state index in [1.807, 2.05) is 13.8 Å². The molecule has 26 heavy (non-hydrogen) atoms. The quantitative estimate of drug-likeness (QED) is 0.657. The van der Waals surface area contributed by atoms with Gasteiger partial charge in [0.25, 0.3) is 5.91 Å². The minimum Gasteiger partial charge on any atom is -0.490 e. The van der Waals surface area contributed by atoms with Crippen molar-refractivity contribution in [3.8, 4) is 11.5 Å². The lowest BCUT2D eigenvalue weighted by atomic mass is 10.2. The Kier molecular flexibility index (Phi) is 6.95. The molecule has 1 heterocycles. The molecular formula is C17H22N4O5. The first-order valence-electron chi connectivity index (χ1n) is 8.32. The fraction of sp³-hybridized carbons (Fsp3) is 0.412. The van der Waals surface area contributed by atoms with E-state index < -0.39 is 5.97 Å². The number of carbonyl (C=O) groups excluding carboxylic acids is 1. The lowest BCUT2D eigenvalue weighted by Crippen LogP contribution is -2.23. The maximum absolute atomic E-state index is 12.3. The summed E-state index contributed by atoms with van der Waals surface area (Å²) in [7, 11) is 0. The van der Waals surface area contributed by atoms with Gasteiger partial charge in [-0.2, -0.15) is 0 Å². The molecule has 0 bridgehead atoms. The highest BCUT2D eigenvalue weighted by molar-refractivity contribution is 5.94. The van der Waals surface area contributed by atoms with Crippen LogP contribution >= 0.6 is 0 Å². The van der Waals surface area contributed by atoms with Crippen LogP contribution in [0.3, 0.4) is 0 Å². The highest BCUT2D eigenvalue weighted by Gasteiger charge is 2.12. The first kappa shape index (κ1) is 19.2. The van der Waals surface area contributed by atoms with Crippen LogP contribution in [0.2, 0.25) is 0 Å². The Morgan fingerprint density at radius 1 is 1.23 bits per heavy atom. The lowest BCUT2D eigenvalue weighted by Gasteiger charge is -2.13. The highest BCUT2D eigenvalue weighted by Crippen LogP contribution is 2.28. The van der Waals surface area contributed by atoms with Crippen LogP contribution in [-0.4, -0.2) is 45.2 Å². The number of carboxylic acids is 1. The molecule has 2 rings (SSSR count). The van der Waals surface area contributed by atoms with Gasteiger partial charge in [-0.1, -0.05) is 12.1 Å². The van der Waals surface area contributed by atoms with Gasteiger partial charge in [0.05, 0.1) is 26.0 Å². The molecule has 0 saturated carbocycles. The number of carboxylic acid groups (broad SMARTS) is 1. The van der Waals surface area contributed by atoms with Gasteiger partial charge < -0.3 is 19.9 Å². The summed E-state index contributed by atoms with van der Waals surface area (Å²) in [5, 5.41) is 18.9. The molecule has 1 aromatic heterocycles. The summed E-state index contributed by atoms with van der Waals surface area (Å²) in [6.45, 7) is 4.75. The molecule has 9 nitrogen and oxygen atoms in total. The smallest absolute Gasteiger partial charge is 0.325 e. The standard InChI is InChI=1S/C17H22N4O5/c1-3-7-26-14-6-5-12(8-15(14)25-4-2)17(24)18-9-13-10-21(20-19-13)11-16(22)23/h5-6,8,10H,3-4,7,9,11H2,1-2H3,(H,18,24)(H,22,23). The second kappa shape index (κ2) is 9.40. The molecule has 0 unspecified atom stereocenters. The van der Waals surface area contributed by atoms with Crippen molar-refractivity contribution >= 4 is 11.9 Å². The van der Waals surface area contributed by atoms with Crippen LogP contribution in [0, 0.1) is 0 Å². The predicted octanol–water partition coefficient (Wildman–Crippen LogP) is 1.48. The fourth-order valence-electron chi connectivity index (χ4n) is 2.16. The molecule has 9 heteroatoms. The first-order chi connectivity index (χ1) is 12.5. The van der Waals surface area contributed by atoms with Crippen molar-refractivity contribution in [3.63, 3.8) is 0 Å². The van der Waals surface area contributed by atoms with Crippen molar-refractivity contribution in [3.05, 3.63) is 35.7 Å². The van der Waals surface area contributed by atoms with Gasteiger partial charge in [0.1, 0.15) is 12.2 Å². The van der Waals surface area contributed by atoms with Gasteiger partial charge in [-0.15, -0.1) is 5.10 Å². The molecule has 0 aliphatic carbocycles. The van der Waals surface area contributed by atoms with E-state index in [2.05, 4.69) is 15.6 Å². The Morgan fingerprint density at radius 3 is 2.73 bits per heavy atom. The Hall–Kier alpha value is -3.10. The van der Waals surface area contributed by atoms with Gasteiger partial charge in [-0.05, 0) is 31.5 Å². The third-order valence-electron chi connectivity index (χ3n) is 3.28. The molecule has 0 radical (unpaired) electrons. The number of hydrogen-bond acceptors (Lipinski definition) is 6. The zero-order valence-electron chi connectivity index (χ0n) is 14.8. The van der Waals surface area contributed by atoms with E-state index >= 15 is 0 Å². The average Bonchev–Trinajstić information content (AvgIpc) is 3.05. The topological polar surface area (TPSA) is 116 Å². The average molecular weight is 362 g/mol. The van der Waals surface area contributed by atoms with Crippen LogP contribution in [0.1, 0.15) is 36.3 Å². The minimum absolute atomic E-state index is 0.135. The van der Waals surface area contributed by atoms with E-state index in [0.29, 0.717) is 36.0 Å². The summed E-state index contributed by atoms with van der Waals surface area (Å²) in [6, 6.07) is 4.99. The van der Waals surface area contributed by atoms with E-state index in [0.717, 1.165) is 6.42 Å². The number of carbonyl (C=O) groups is 2. The Labute approximate surface area is 150 Å². The highest BCUT2D eigenvalue weighted by atomic mass is 16.5. The number of amides is 1. The molecule has 1 amide bonds. The Bertz CT molecular complexity index is 759. The minimum atomic E-state index is -1.01. The molecule has 2 N–H and O–H groups in total. The number of nitrogens with one attached hydrogen (secondary N) is 1. The number of nitrogens with zero attached hydrogens (tertiary/aromatic N) is 3. The summed E-state index contributed by atoms with van der Waals surface area (Å²) in [5.74, 6) is -0.206. The molecule has 0 atom stereocenters. The monoisotopic (exact) mass is 362 g/mol. The molecule has 2 aromatic rings. The predicted molar refractivity (Wildman–Crippen MR) is 92.2 cm³/mol. The number of aromatic nitrogens is 3. The van der Waals surface area contributed by atoms with Crippen LogP contribution < -0.4 is 14.8 Å². The summed E-state index contributed by atoms with van der Waals surface area (Å²) >= 11 is 0. The Morgan fingerprint density at radius 2 is 2.04 bits per heavy atom.